The predicted molar refractivity (Wildman–Crippen MR) is 65.1 cm³/mol. The fourth-order valence-electron chi connectivity index (χ4n) is 1.90. The molecule has 0 atom stereocenters. The maximum atomic E-state index is 5.57. The molecule has 2 aromatic heterocycles. The third kappa shape index (κ3) is 1.76. The molecule has 4 heteroatoms. The number of aryl methyl sites for hydroxylation is 2. The van der Waals surface area contributed by atoms with Gasteiger partial charge in [-0.15, -0.1) is 0 Å². The van der Waals surface area contributed by atoms with Gasteiger partial charge in [-0.3, -0.25) is 4.68 Å². The molecule has 0 amide bonds. The summed E-state index contributed by atoms with van der Waals surface area (Å²) in [6, 6.07) is 6.32. The molecule has 86 valence electrons. The van der Waals surface area contributed by atoms with Gasteiger partial charge in [0, 0.05) is 25.5 Å². The van der Waals surface area contributed by atoms with Gasteiger partial charge in [-0.1, -0.05) is 0 Å². The molecule has 2 rings (SSSR count). The molecule has 2 aromatic rings. The van der Waals surface area contributed by atoms with Crippen LogP contribution < -0.4 is 5.73 Å². The van der Waals surface area contributed by atoms with Crippen molar-refractivity contribution in [2.75, 3.05) is 6.54 Å². The topological polar surface area (TPSA) is 48.8 Å². The molecule has 0 aromatic carbocycles. The van der Waals surface area contributed by atoms with Gasteiger partial charge in [-0.2, -0.15) is 5.10 Å². The second-order valence-electron chi connectivity index (χ2n) is 4.10. The monoisotopic (exact) mass is 218 g/mol. The first-order chi connectivity index (χ1) is 7.63. The summed E-state index contributed by atoms with van der Waals surface area (Å²) in [7, 11) is 4.02. The molecule has 2 N–H and O–H groups in total. The lowest BCUT2D eigenvalue weighted by atomic mass is 10.3. The first-order valence-electron chi connectivity index (χ1n) is 5.49. The molecule has 0 unspecified atom stereocenters. The quantitative estimate of drug-likeness (QED) is 0.842. The van der Waals surface area contributed by atoms with E-state index in [4.69, 9.17) is 5.73 Å². The highest BCUT2D eigenvalue weighted by Gasteiger charge is 2.09. The minimum Gasteiger partial charge on any atom is -0.346 e. The smallest absolute Gasteiger partial charge is 0.109 e. The molecule has 4 nitrogen and oxygen atoms in total. The van der Waals surface area contributed by atoms with E-state index in [2.05, 4.69) is 41.8 Å². The molecular weight excluding hydrogens is 200 g/mol. The largest absolute Gasteiger partial charge is 0.346 e. The van der Waals surface area contributed by atoms with Gasteiger partial charge >= 0.3 is 0 Å². The Morgan fingerprint density at radius 2 is 2.06 bits per heavy atom. The zero-order valence-electron chi connectivity index (χ0n) is 10.1. The van der Waals surface area contributed by atoms with E-state index in [0.717, 1.165) is 23.5 Å². The fraction of sp³-hybridized carbons (Fsp3) is 0.417. The van der Waals surface area contributed by atoms with Crippen molar-refractivity contribution in [2.24, 2.45) is 19.8 Å². The van der Waals surface area contributed by atoms with E-state index in [1.807, 2.05) is 11.7 Å². The molecule has 2 heterocycles. The molecule has 0 radical (unpaired) electrons. The van der Waals surface area contributed by atoms with Crippen LogP contribution >= 0.6 is 0 Å². The van der Waals surface area contributed by atoms with Crippen LogP contribution in [0.3, 0.4) is 0 Å². The van der Waals surface area contributed by atoms with E-state index in [9.17, 15) is 0 Å². The van der Waals surface area contributed by atoms with E-state index < -0.39 is 0 Å². The van der Waals surface area contributed by atoms with Crippen molar-refractivity contribution in [3.8, 4) is 11.4 Å². The number of aromatic nitrogens is 3. The van der Waals surface area contributed by atoms with Gasteiger partial charge in [0.2, 0.25) is 0 Å². The molecule has 16 heavy (non-hydrogen) atoms. The van der Waals surface area contributed by atoms with E-state index in [0.29, 0.717) is 6.54 Å². The van der Waals surface area contributed by atoms with Crippen molar-refractivity contribution in [2.45, 2.75) is 13.3 Å². The average molecular weight is 218 g/mol. The van der Waals surface area contributed by atoms with Crippen LogP contribution in [0.5, 0.6) is 0 Å². The van der Waals surface area contributed by atoms with Crippen LogP contribution in [0.2, 0.25) is 0 Å². The Hall–Kier alpha value is -1.55. The third-order valence-corrected chi connectivity index (χ3v) is 3.00. The van der Waals surface area contributed by atoms with Crippen LogP contribution in [0, 0.1) is 6.92 Å². The third-order valence-electron chi connectivity index (χ3n) is 3.00. The zero-order chi connectivity index (χ0) is 11.7. The number of nitrogens with two attached hydrogens (primary N) is 1. The maximum absolute atomic E-state index is 5.57. The van der Waals surface area contributed by atoms with E-state index in [1.165, 1.54) is 5.69 Å². The standard InChI is InChI=1S/C12H18N4/c1-9-8-11(14-16(9)3)12-5-4-10(6-7-13)15(12)2/h4-5,8H,6-7,13H2,1-3H3. The van der Waals surface area contributed by atoms with Gasteiger partial charge in [0.25, 0.3) is 0 Å². The number of nitrogens with zero attached hydrogens (tertiary/aromatic N) is 3. The molecule has 0 saturated heterocycles. The van der Waals surface area contributed by atoms with Crippen LogP contribution in [0.25, 0.3) is 11.4 Å². The number of hydrogen-bond acceptors (Lipinski definition) is 2. The van der Waals surface area contributed by atoms with Crippen molar-refractivity contribution >= 4 is 0 Å². The summed E-state index contributed by atoms with van der Waals surface area (Å²) in [6.45, 7) is 2.73. The number of hydrogen-bond donors (Lipinski definition) is 1. The molecule has 0 fully saturated rings. The first-order valence-corrected chi connectivity index (χ1v) is 5.49. The second kappa shape index (κ2) is 4.14. The van der Waals surface area contributed by atoms with Crippen LogP contribution in [-0.2, 0) is 20.5 Å². The van der Waals surface area contributed by atoms with Crippen molar-refractivity contribution in [1.29, 1.82) is 0 Å². The highest BCUT2D eigenvalue weighted by atomic mass is 15.3. The molecule has 0 aliphatic rings. The number of rotatable bonds is 3. The van der Waals surface area contributed by atoms with E-state index in [-0.39, 0.29) is 0 Å². The summed E-state index contributed by atoms with van der Waals surface area (Å²) < 4.78 is 4.06. The Bertz CT molecular complexity index is 474. The highest BCUT2D eigenvalue weighted by Crippen LogP contribution is 2.21. The lowest BCUT2D eigenvalue weighted by molar-refractivity contribution is 0.738. The van der Waals surface area contributed by atoms with Gasteiger partial charge in [0.1, 0.15) is 5.69 Å². The fourth-order valence-corrected chi connectivity index (χ4v) is 1.90. The van der Waals surface area contributed by atoms with Crippen LogP contribution in [0.1, 0.15) is 11.4 Å². The maximum Gasteiger partial charge on any atom is 0.109 e. The van der Waals surface area contributed by atoms with Crippen molar-refractivity contribution in [3.63, 3.8) is 0 Å². The first kappa shape index (κ1) is 11.0. The minimum absolute atomic E-state index is 0.679. The predicted octanol–water partition coefficient (Wildman–Crippen LogP) is 1.24. The summed E-state index contributed by atoms with van der Waals surface area (Å²) in [5, 5.41) is 4.48. The molecule has 0 saturated carbocycles. The molecular formula is C12H18N4. The highest BCUT2D eigenvalue weighted by molar-refractivity contribution is 5.56. The van der Waals surface area contributed by atoms with Gasteiger partial charge in [0.15, 0.2) is 0 Å². The Balaban J connectivity index is 2.40. The van der Waals surface area contributed by atoms with Crippen molar-refractivity contribution in [3.05, 3.63) is 29.6 Å². The Kier molecular flexibility index (Phi) is 2.83. The zero-order valence-corrected chi connectivity index (χ0v) is 10.1. The molecule has 0 bridgehead atoms. The van der Waals surface area contributed by atoms with Crippen LogP contribution in [0.15, 0.2) is 18.2 Å². The summed E-state index contributed by atoms with van der Waals surface area (Å²) in [5.41, 5.74) is 10.2. The lowest BCUT2D eigenvalue weighted by Gasteiger charge is -2.04. The summed E-state index contributed by atoms with van der Waals surface area (Å²) in [5.74, 6) is 0. The van der Waals surface area contributed by atoms with Gasteiger partial charge in [-0.25, -0.2) is 0 Å². The summed E-state index contributed by atoms with van der Waals surface area (Å²) in [6.07, 6.45) is 0.905. The van der Waals surface area contributed by atoms with Crippen LogP contribution in [0.4, 0.5) is 0 Å². The van der Waals surface area contributed by atoms with E-state index >= 15 is 0 Å². The summed E-state index contributed by atoms with van der Waals surface area (Å²) in [4.78, 5) is 0. The summed E-state index contributed by atoms with van der Waals surface area (Å²) >= 11 is 0. The van der Waals surface area contributed by atoms with Crippen molar-refractivity contribution in [1.82, 2.24) is 14.3 Å². The molecule has 0 spiro atoms. The minimum atomic E-state index is 0.679. The second-order valence-corrected chi connectivity index (χ2v) is 4.10. The van der Waals surface area contributed by atoms with E-state index in [1.54, 1.807) is 0 Å². The average Bonchev–Trinajstić information content (AvgIpc) is 2.74. The Morgan fingerprint density at radius 1 is 1.31 bits per heavy atom. The Labute approximate surface area is 95.7 Å². The molecule has 0 aliphatic carbocycles. The Morgan fingerprint density at radius 3 is 2.62 bits per heavy atom. The van der Waals surface area contributed by atoms with Gasteiger partial charge in [-0.05, 0) is 38.1 Å². The van der Waals surface area contributed by atoms with Gasteiger partial charge < -0.3 is 10.3 Å². The SMILES string of the molecule is Cc1cc(-c2ccc(CCN)n2C)nn1C. The lowest BCUT2D eigenvalue weighted by Crippen LogP contribution is -2.07. The van der Waals surface area contributed by atoms with Gasteiger partial charge in [0.05, 0.1) is 5.69 Å². The van der Waals surface area contributed by atoms with Crippen molar-refractivity contribution < 1.29 is 0 Å². The van der Waals surface area contributed by atoms with Crippen LogP contribution in [-0.4, -0.2) is 20.9 Å². The molecule has 0 aliphatic heterocycles. The normalized spacial score (nSPS) is 11.0.